The molecular weight excluding hydrogens is 74.9 g/mol. The first-order chi connectivity index (χ1) is 2.64. The fourth-order valence-corrected chi connectivity index (χ4v) is 0. The van der Waals surface area contributed by atoms with Gasteiger partial charge in [-0.25, -0.2) is 0 Å². The van der Waals surface area contributed by atoms with Crippen molar-refractivity contribution >= 4 is 6.85 Å². The minimum absolute atomic E-state index is 0.463. The molecule has 0 aromatic heterocycles. The predicted octanol–water partition coefficient (Wildman–Crippen LogP) is 0.0430. The zero-order chi connectivity index (χ0) is 5.15. The Morgan fingerprint density at radius 1 is 1.50 bits per heavy atom. The molecule has 0 aliphatic carbocycles. The molecule has 0 saturated heterocycles. The van der Waals surface area contributed by atoms with Gasteiger partial charge in [0.25, 0.3) is 0 Å². The topological polar surface area (TPSA) is 29.3 Å². The second-order valence-corrected chi connectivity index (χ2v) is 1.76. The van der Waals surface area contributed by atoms with Crippen LogP contribution in [-0.4, -0.2) is 18.8 Å². The average Bonchev–Trinajstić information content (AvgIpc) is 1.36. The average molecular weight is 85.9 g/mol. The third-order valence-corrected chi connectivity index (χ3v) is 0.815. The fourth-order valence-electron chi connectivity index (χ4n) is 0. The molecule has 0 aromatic rings. The van der Waals surface area contributed by atoms with Crippen molar-refractivity contribution < 1.29 is 0 Å². The van der Waals surface area contributed by atoms with Crippen LogP contribution in [0.2, 0.25) is 13.6 Å². The third-order valence-electron chi connectivity index (χ3n) is 0.815. The minimum atomic E-state index is 0.463. The van der Waals surface area contributed by atoms with Gasteiger partial charge in [0.2, 0.25) is 6.85 Å². The standard InChI is InChI=1S/C3H11BN2/c1-4(2)6(3)5/h5H2,1-3H3. The maximum atomic E-state index is 5.27. The summed E-state index contributed by atoms with van der Waals surface area (Å²) in [6.45, 7) is 4.55. The lowest BCUT2D eigenvalue weighted by molar-refractivity contribution is 0.561. The van der Waals surface area contributed by atoms with Gasteiger partial charge in [0.15, 0.2) is 0 Å². The highest BCUT2D eigenvalue weighted by molar-refractivity contribution is 6.52. The second kappa shape index (κ2) is 2.21. The molecule has 0 spiro atoms. The molecule has 36 valence electrons. The molecule has 0 aliphatic heterocycles. The highest BCUT2D eigenvalue weighted by atomic mass is 15.3. The van der Waals surface area contributed by atoms with Gasteiger partial charge in [-0.15, -0.1) is 0 Å². The van der Waals surface area contributed by atoms with E-state index >= 15 is 0 Å². The van der Waals surface area contributed by atoms with Crippen LogP contribution in [0.3, 0.4) is 0 Å². The maximum absolute atomic E-state index is 5.27. The van der Waals surface area contributed by atoms with E-state index in [0.717, 1.165) is 0 Å². The summed E-state index contributed by atoms with van der Waals surface area (Å²) in [5, 5.41) is 0. The van der Waals surface area contributed by atoms with Crippen LogP contribution in [0, 0.1) is 0 Å². The van der Waals surface area contributed by atoms with Crippen LogP contribution in [0.4, 0.5) is 0 Å². The van der Waals surface area contributed by atoms with E-state index in [1.165, 1.54) is 0 Å². The van der Waals surface area contributed by atoms with Crippen LogP contribution in [0.15, 0.2) is 0 Å². The Morgan fingerprint density at radius 2 is 1.67 bits per heavy atom. The molecular formula is C3H11BN2. The van der Waals surface area contributed by atoms with E-state index in [1.54, 1.807) is 4.92 Å². The molecule has 0 aliphatic rings. The quantitative estimate of drug-likeness (QED) is 0.277. The lowest BCUT2D eigenvalue weighted by Gasteiger charge is -2.08. The van der Waals surface area contributed by atoms with Crippen molar-refractivity contribution in [2.24, 2.45) is 5.84 Å². The van der Waals surface area contributed by atoms with Gasteiger partial charge in [0.1, 0.15) is 0 Å². The SMILES string of the molecule is CB(C)N(C)N. The summed E-state index contributed by atoms with van der Waals surface area (Å²) in [5.74, 6) is 5.27. The normalized spacial score (nSPS) is 9.50. The largest absolute Gasteiger partial charge is 0.290 e. The second-order valence-electron chi connectivity index (χ2n) is 1.76. The Bertz CT molecular complexity index is 29.8. The van der Waals surface area contributed by atoms with Gasteiger partial charge in [0.05, 0.1) is 0 Å². The molecule has 2 nitrogen and oxygen atoms in total. The van der Waals surface area contributed by atoms with Gasteiger partial charge in [-0.05, 0) is 7.05 Å². The van der Waals surface area contributed by atoms with Gasteiger partial charge in [0, 0.05) is 0 Å². The molecule has 0 amide bonds. The first-order valence-corrected chi connectivity index (χ1v) is 2.12. The van der Waals surface area contributed by atoms with Gasteiger partial charge in [-0.1, -0.05) is 13.6 Å². The Morgan fingerprint density at radius 3 is 1.67 bits per heavy atom. The number of rotatable bonds is 1. The molecule has 0 radical (unpaired) electrons. The molecule has 0 rings (SSSR count). The van der Waals surface area contributed by atoms with E-state index in [1.807, 2.05) is 20.7 Å². The summed E-state index contributed by atoms with van der Waals surface area (Å²) in [5.41, 5.74) is 0. The summed E-state index contributed by atoms with van der Waals surface area (Å²) >= 11 is 0. The van der Waals surface area contributed by atoms with Crippen LogP contribution in [0.5, 0.6) is 0 Å². The van der Waals surface area contributed by atoms with Crippen molar-refractivity contribution in [3.05, 3.63) is 0 Å². The van der Waals surface area contributed by atoms with Crippen molar-refractivity contribution in [1.29, 1.82) is 0 Å². The van der Waals surface area contributed by atoms with E-state index in [4.69, 9.17) is 5.84 Å². The predicted molar refractivity (Wildman–Crippen MR) is 29.4 cm³/mol. The lowest BCUT2D eigenvalue weighted by Crippen LogP contribution is -2.36. The smallest absolute Gasteiger partial charge is 0.234 e. The highest BCUT2D eigenvalue weighted by Crippen LogP contribution is 1.76. The number of hydrazine groups is 1. The fraction of sp³-hybridized carbons (Fsp3) is 1.00. The molecule has 3 heteroatoms. The summed E-state index contributed by atoms with van der Waals surface area (Å²) in [7, 11) is 1.85. The monoisotopic (exact) mass is 86.1 g/mol. The van der Waals surface area contributed by atoms with Crippen molar-refractivity contribution in [2.75, 3.05) is 7.05 Å². The number of hydrogen-bond donors (Lipinski definition) is 1. The highest BCUT2D eigenvalue weighted by Gasteiger charge is 1.98. The summed E-state index contributed by atoms with van der Waals surface area (Å²) < 4.78 is 0. The van der Waals surface area contributed by atoms with Crippen LogP contribution in [0.25, 0.3) is 0 Å². The first-order valence-electron chi connectivity index (χ1n) is 2.12. The summed E-state index contributed by atoms with van der Waals surface area (Å²) in [4.78, 5) is 1.67. The van der Waals surface area contributed by atoms with Crippen LogP contribution >= 0.6 is 0 Å². The Kier molecular flexibility index (Phi) is 2.20. The Hall–Kier alpha value is -0.0151. The van der Waals surface area contributed by atoms with Crippen molar-refractivity contribution in [2.45, 2.75) is 13.6 Å². The van der Waals surface area contributed by atoms with Crippen LogP contribution < -0.4 is 5.84 Å². The Balaban J connectivity index is 2.99. The van der Waals surface area contributed by atoms with Crippen LogP contribution in [0.1, 0.15) is 0 Å². The van der Waals surface area contributed by atoms with Gasteiger partial charge >= 0.3 is 0 Å². The van der Waals surface area contributed by atoms with E-state index in [2.05, 4.69) is 0 Å². The van der Waals surface area contributed by atoms with E-state index < -0.39 is 0 Å². The maximum Gasteiger partial charge on any atom is 0.234 e. The number of hydrogen-bond acceptors (Lipinski definition) is 2. The third kappa shape index (κ3) is 2.24. The molecule has 6 heavy (non-hydrogen) atoms. The van der Waals surface area contributed by atoms with Crippen molar-refractivity contribution in [3.63, 3.8) is 0 Å². The molecule has 0 aromatic carbocycles. The van der Waals surface area contributed by atoms with Crippen molar-refractivity contribution in [3.8, 4) is 0 Å². The summed E-state index contributed by atoms with van der Waals surface area (Å²) in [6.07, 6.45) is 0. The molecule has 0 atom stereocenters. The zero-order valence-electron chi connectivity index (χ0n) is 4.60. The lowest BCUT2D eigenvalue weighted by atomic mass is 9.68. The van der Waals surface area contributed by atoms with Gasteiger partial charge in [-0.2, -0.15) is 0 Å². The first kappa shape index (κ1) is 5.98. The van der Waals surface area contributed by atoms with E-state index in [9.17, 15) is 0 Å². The summed E-state index contributed by atoms with van der Waals surface area (Å²) in [6, 6.07) is 0. The van der Waals surface area contributed by atoms with Crippen molar-refractivity contribution in [1.82, 2.24) is 4.92 Å². The molecule has 2 N–H and O–H groups in total. The number of nitrogens with two attached hydrogens (primary N) is 1. The van der Waals surface area contributed by atoms with E-state index in [-0.39, 0.29) is 0 Å². The Labute approximate surface area is 39.4 Å². The van der Waals surface area contributed by atoms with Crippen LogP contribution in [-0.2, 0) is 0 Å². The van der Waals surface area contributed by atoms with E-state index in [0.29, 0.717) is 6.85 Å². The molecule has 0 bridgehead atoms. The minimum Gasteiger partial charge on any atom is -0.290 e. The van der Waals surface area contributed by atoms with Gasteiger partial charge in [-0.3, -0.25) is 10.8 Å². The molecule has 0 fully saturated rings. The molecule has 0 saturated carbocycles. The molecule has 0 heterocycles. The number of nitrogens with zero attached hydrogens (tertiary/aromatic N) is 1. The zero-order valence-corrected chi connectivity index (χ0v) is 4.60. The van der Waals surface area contributed by atoms with Gasteiger partial charge < -0.3 is 0 Å². The molecule has 0 unspecified atom stereocenters.